The van der Waals surface area contributed by atoms with Crippen LogP contribution in [0.1, 0.15) is 18.0 Å². The molecule has 1 aromatic carbocycles. The van der Waals surface area contributed by atoms with E-state index in [0.29, 0.717) is 19.6 Å². The maximum absolute atomic E-state index is 13.2. The first-order valence-electron chi connectivity index (χ1n) is 6.12. The van der Waals surface area contributed by atoms with E-state index in [9.17, 15) is 18.4 Å². The van der Waals surface area contributed by atoms with E-state index in [-0.39, 0.29) is 5.56 Å². The molecule has 0 saturated carbocycles. The van der Waals surface area contributed by atoms with Crippen LogP contribution in [-0.4, -0.2) is 31.1 Å². The molecule has 1 aliphatic heterocycles. The molecule has 0 aromatic heterocycles. The highest BCUT2D eigenvalue weighted by molar-refractivity contribution is 5.27. The van der Waals surface area contributed by atoms with Crippen molar-refractivity contribution >= 4 is 0 Å². The van der Waals surface area contributed by atoms with Crippen LogP contribution in [0.3, 0.4) is 0 Å². The molecule has 1 aromatic rings. The number of nitrogens with zero attached hydrogens (tertiary/aromatic N) is 2. The molecule has 0 radical (unpaired) electrons. The summed E-state index contributed by atoms with van der Waals surface area (Å²) >= 11 is 0. The SMILES string of the molecule is N#CC(c1cc(F)c(F)c(F)c1)N1CCCNCC1. The highest BCUT2D eigenvalue weighted by Gasteiger charge is 2.23. The summed E-state index contributed by atoms with van der Waals surface area (Å²) in [7, 11) is 0. The van der Waals surface area contributed by atoms with Crippen LogP contribution < -0.4 is 5.32 Å². The molecule has 6 heteroatoms. The lowest BCUT2D eigenvalue weighted by molar-refractivity contribution is 0.251. The van der Waals surface area contributed by atoms with Gasteiger partial charge in [0.25, 0.3) is 0 Å². The van der Waals surface area contributed by atoms with Crippen molar-refractivity contribution in [1.82, 2.24) is 10.2 Å². The standard InChI is InChI=1S/C13H14F3N3/c14-10-6-9(7-11(15)13(10)16)12(8-17)19-4-1-2-18-3-5-19/h6-7,12,18H,1-5H2. The van der Waals surface area contributed by atoms with E-state index >= 15 is 0 Å². The second-order valence-electron chi connectivity index (χ2n) is 4.47. The van der Waals surface area contributed by atoms with Crippen LogP contribution in [0.2, 0.25) is 0 Å². The van der Waals surface area contributed by atoms with Gasteiger partial charge in [-0.3, -0.25) is 4.90 Å². The van der Waals surface area contributed by atoms with Gasteiger partial charge in [-0.1, -0.05) is 0 Å². The zero-order valence-electron chi connectivity index (χ0n) is 10.3. The number of nitriles is 1. The molecule has 1 unspecified atom stereocenters. The molecule has 2 rings (SSSR count). The largest absolute Gasteiger partial charge is 0.315 e. The zero-order chi connectivity index (χ0) is 13.8. The van der Waals surface area contributed by atoms with Crippen molar-refractivity contribution < 1.29 is 13.2 Å². The van der Waals surface area contributed by atoms with Gasteiger partial charge in [0, 0.05) is 19.6 Å². The molecule has 1 saturated heterocycles. The Kier molecular flexibility index (Phi) is 4.40. The maximum Gasteiger partial charge on any atom is 0.194 e. The fraction of sp³-hybridized carbons (Fsp3) is 0.462. The Bertz CT molecular complexity index is 467. The van der Waals surface area contributed by atoms with Gasteiger partial charge in [-0.05, 0) is 30.7 Å². The minimum Gasteiger partial charge on any atom is -0.315 e. The number of hydrogen-bond acceptors (Lipinski definition) is 3. The molecular formula is C13H14F3N3. The zero-order valence-corrected chi connectivity index (χ0v) is 10.3. The van der Waals surface area contributed by atoms with Crippen molar-refractivity contribution in [2.75, 3.05) is 26.2 Å². The average molecular weight is 269 g/mol. The van der Waals surface area contributed by atoms with Crippen LogP contribution in [-0.2, 0) is 0 Å². The number of benzene rings is 1. The van der Waals surface area contributed by atoms with Gasteiger partial charge < -0.3 is 5.32 Å². The summed E-state index contributed by atoms with van der Waals surface area (Å²) in [6.45, 7) is 2.83. The van der Waals surface area contributed by atoms with Gasteiger partial charge in [0.15, 0.2) is 17.5 Å². The minimum atomic E-state index is -1.50. The van der Waals surface area contributed by atoms with E-state index in [1.54, 1.807) is 0 Å². The first-order valence-corrected chi connectivity index (χ1v) is 6.12. The average Bonchev–Trinajstić information content (AvgIpc) is 2.66. The van der Waals surface area contributed by atoms with E-state index in [0.717, 1.165) is 25.1 Å². The van der Waals surface area contributed by atoms with E-state index in [4.69, 9.17) is 0 Å². The minimum absolute atomic E-state index is 0.154. The molecule has 0 spiro atoms. The Hall–Kier alpha value is -1.58. The molecule has 102 valence electrons. The second-order valence-corrected chi connectivity index (χ2v) is 4.47. The van der Waals surface area contributed by atoms with Gasteiger partial charge in [-0.25, -0.2) is 13.2 Å². The Morgan fingerprint density at radius 3 is 2.47 bits per heavy atom. The summed E-state index contributed by atoms with van der Waals surface area (Å²) in [4.78, 5) is 1.84. The van der Waals surface area contributed by atoms with E-state index in [1.807, 2.05) is 11.0 Å². The molecule has 19 heavy (non-hydrogen) atoms. The van der Waals surface area contributed by atoms with Crippen molar-refractivity contribution in [1.29, 1.82) is 5.26 Å². The van der Waals surface area contributed by atoms with Crippen LogP contribution >= 0.6 is 0 Å². The molecule has 1 N–H and O–H groups in total. The predicted octanol–water partition coefficient (Wildman–Crippen LogP) is 1.96. The predicted molar refractivity (Wildman–Crippen MR) is 63.7 cm³/mol. The Morgan fingerprint density at radius 2 is 1.84 bits per heavy atom. The quantitative estimate of drug-likeness (QED) is 0.834. The summed E-state index contributed by atoms with van der Waals surface area (Å²) in [6.07, 6.45) is 0.852. The van der Waals surface area contributed by atoms with Crippen molar-refractivity contribution in [3.8, 4) is 6.07 Å². The van der Waals surface area contributed by atoms with Crippen molar-refractivity contribution in [3.63, 3.8) is 0 Å². The topological polar surface area (TPSA) is 39.1 Å². The molecule has 3 nitrogen and oxygen atoms in total. The first-order chi connectivity index (χ1) is 9.13. The molecule has 0 aliphatic carbocycles. The smallest absolute Gasteiger partial charge is 0.194 e. The summed E-state index contributed by atoms with van der Waals surface area (Å²) in [5.74, 6) is -4.02. The Labute approximate surface area is 109 Å². The third-order valence-electron chi connectivity index (χ3n) is 3.18. The summed E-state index contributed by atoms with van der Waals surface area (Å²) in [5.41, 5.74) is 0.154. The lowest BCUT2D eigenvalue weighted by Crippen LogP contribution is -2.31. The van der Waals surface area contributed by atoms with Gasteiger partial charge in [-0.2, -0.15) is 5.26 Å². The van der Waals surface area contributed by atoms with E-state index in [1.165, 1.54) is 0 Å². The third kappa shape index (κ3) is 3.06. The van der Waals surface area contributed by atoms with Crippen LogP contribution in [0.4, 0.5) is 13.2 Å². The highest BCUT2D eigenvalue weighted by Crippen LogP contribution is 2.24. The molecule has 1 fully saturated rings. The number of nitrogens with one attached hydrogen (secondary N) is 1. The van der Waals surface area contributed by atoms with Gasteiger partial charge in [0.1, 0.15) is 6.04 Å². The Balaban J connectivity index is 2.29. The molecule has 0 amide bonds. The van der Waals surface area contributed by atoms with Gasteiger partial charge in [0.2, 0.25) is 0 Å². The Morgan fingerprint density at radius 1 is 1.16 bits per heavy atom. The number of rotatable bonds is 2. The maximum atomic E-state index is 13.2. The molecule has 1 heterocycles. The number of halogens is 3. The number of hydrogen-bond donors (Lipinski definition) is 1. The third-order valence-corrected chi connectivity index (χ3v) is 3.18. The van der Waals surface area contributed by atoms with Crippen molar-refractivity contribution in [2.45, 2.75) is 12.5 Å². The van der Waals surface area contributed by atoms with Gasteiger partial charge in [0.05, 0.1) is 6.07 Å². The summed E-state index contributed by atoms with van der Waals surface area (Å²) < 4.78 is 39.4. The normalized spacial score (nSPS) is 18.6. The van der Waals surface area contributed by atoms with E-state index < -0.39 is 23.5 Å². The van der Waals surface area contributed by atoms with Crippen LogP contribution in [0.15, 0.2) is 12.1 Å². The molecular weight excluding hydrogens is 255 g/mol. The highest BCUT2D eigenvalue weighted by atomic mass is 19.2. The summed E-state index contributed by atoms with van der Waals surface area (Å²) in [6, 6.07) is 3.06. The molecule has 0 bridgehead atoms. The lowest BCUT2D eigenvalue weighted by Gasteiger charge is -2.25. The van der Waals surface area contributed by atoms with E-state index in [2.05, 4.69) is 5.32 Å². The van der Waals surface area contributed by atoms with Crippen LogP contribution in [0, 0.1) is 28.8 Å². The van der Waals surface area contributed by atoms with Crippen molar-refractivity contribution in [3.05, 3.63) is 35.1 Å². The lowest BCUT2D eigenvalue weighted by atomic mass is 10.1. The fourth-order valence-electron chi connectivity index (χ4n) is 2.22. The van der Waals surface area contributed by atoms with Crippen LogP contribution in [0.5, 0.6) is 0 Å². The molecule has 1 aliphatic rings. The second kappa shape index (κ2) is 6.04. The molecule has 1 atom stereocenters. The monoisotopic (exact) mass is 269 g/mol. The van der Waals surface area contributed by atoms with Gasteiger partial charge in [-0.15, -0.1) is 0 Å². The van der Waals surface area contributed by atoms with Crippen molar-refractivity contribution in [2.24, 2.45) is 0 Å². The summed E-state index contributed by atoms with van der Waals surface area (Å²) in [5, 5.41) is 12.4. The van der Waals surface area contributed by atoms with Gasteiger partial charge >= 0.3 is 0 Å². The van der Waals surface area contributed by atoms with Crippen LogP contribution in [0.25, 0.3) is 0 Å². The fourth-order valence-corrected chi connectivity index (χ4v) is 2.22. The first kappa shape index (κ1) is 13.8.